The molecule has 0 spiro atoms. The van der Waals surface area contributed by atoms with Crippen LogP contribution in [0.15, 0.2) is 42.5 Å². The van der Waals surface area contributed by atoms with Crippen molar-refractivity contribution in [2.45, 2.75) is 0 Å². The molecule has 0 bridgehead atoms. The molecule has 0 fully saturated rings. The van der Waals surface area contributed by atoms with E-state index >= 15 is 0 Å². The van der Waals surface area contributed by atoms with Gasteiger partial charge in [-0.05, 0) is 35.4 Å². The smallest absolute Gasteiger partial charge is 0.311 e. The van der Waals surface area contributed by atoms with E-state index in [4.69, 9.17) is 11.6 Å². The van der Waals surface area contributed by atoms with Crippen LogP contribution in [0.25, 0.3) is 11.6 Å². The largest absolute Gasteiger partial charge is 0.502 e. The lowest BCUT2D eigenvalue weighted by Crippen LogP contribution is -1.89. The first-order chi connectivity index (χ1) is 10.0. The van der Waals surface area contributed by atoms with Gasteiger partial charge in [0, 0.05) is 11.1 Å². The summed E-state index contributed by atoms with van der Waals surface area (Å²) in [4.78, 5) is 10.1. The zero-order chi connectivity index (χ0) is 15.4. The topological polar surface area (TPSA) is 87.2 Å². The lowest BCUT2D eigenvalue weighted by atomic mass is 10.0. The molecule has 0 saturated carbocycles. The number of nitro groups is 1. The van der Waals surface area contributed by atoms with E-state index in [1.54, 1.807) is 24.3 Å². The predicted molar refractivity (Wildman–Crippen MR) is 79.7 cm³/mol. The minimum Gasteiger partial charge on any atom is -0.502 e. The molecule has 0 radical (unpaired) electrons. The monoisotopic (exact) mass is 300 g/mol. The second-order valence-corrected chi connectivity index (χ2v) is 4.62. The number of halogens is 1. The number of aromatic hydroxyl groups is 1. The van der Waals surface area contributed by atoms with Crippen LogP contribution in [-0.2, 0) is 0 Å². The summed E-state index contributed by atoms with van der Waals surface area (Å²) in [6.45, 7) is 0. The second-order valence-electron chi connectivity index (χ2n) is 4.19. The van der Waals surface area contributed by atoms with Crippen molar-refractivity contribution in [3.8, 4) is 11.8 Å². The van der Waals surface area contributed by atoms with Crippen LogP contribution < -0.4 is 0 Å². The summed E-state index contributed by atoms with van der Waals surface area (Å²) in [5.41, 5.74) is 0.960. The standard InChI is InChI=1S/C15H9ClN2O3/c16-13-3-1-2-11(8-13)12(9-17)6-10-4-5-15(19)14(7-10)18(20)21/h1-8,19H/b12-6-. The lowest BCUT2D eigenvalue weighted by Gasteiger charge is -2.01. The van der Waals surface area contributed by atoms with Gasteiger partial charge in [-0.2, -0.15) is 5.26 Å². The third-order valence-electron chi connectivity index (χ3n) is 2.76. The van der Waals surface area contributed by atoms with E-state index in [-0.39, 0.29) is 0 Å². The highest BCUT2D eigenvalue weighted by molar-refractivity contribution is 6.30. The SMILES string of the molecule is N#C/C(=C/c1ccc(O)c([N+](=O)[O-])c1)c1cccc(Cl)c1. The quantitative estimate of drug-likeness (QED) is 0.401. The summed E-state index contributed by atoms with van der Waals surface area (Å²) in [6.07, 6.45) is 1.50. The number of phenolic OH excluding ortho intramolecular Hbond substituents is 1. The van der Waals surface area contributed by atoms with Crippen LogP contribution in [0.4, 0.5) is 5.69 Å². The highest BCUT2D eigenvalue weighted by atomic mass is 35.5. The molecule has 0 atom stereocenters. The Morgan fingerprint density at radius 1 is 1.33 bits per heavy atom. The van der Waals surface area contributed by atoms with Gasteiger partial charge < -0.3 is 5.11 Å². The zero-order valence-corrected chi connectivity index (χ0v) is 11.4. The molecule has 0 aliphatic carbocycles. The maximum atomic E-state index is 10.8. The summed E-state index contributed by atoms with van der Waals surface area (Å²) in [7, 11) is 0. The molecule has 0 aliphatic rings. The van der Waals surface area contributed by atoms with Crippen LogP contribution in [0.1, 0.15) is 11.1 Å². The first-order valence-corrected chi connectivity index (χ1v) is 6.24. The molecule has 2 aromatic rings. The van der Waals surface area contributed by atoms with Crippen molar-refractivity contribution in [2.75, 3.05) is 0 Å². The summed E-state index contributed by atoms with van der Waals surface area (Å²) in [6, 6.07) is 12.7. The van der Waals surface area contributed by atoms with Crippen molar-refractivity contribution in [1.82, 2.24) is 0 Å². The maximum Gasteiger partial charge on any atom is 0.311 e. The van der Waals surface area contributed by atoms with E-state index < -0.39 is 16.4 Å². The van der Waals surface area contributed by atoms with E-state index in [1.165, 1.54) is 24.3 Å². The van der Waals surface area contributed by atoms with Gasteiger partial charge in [0.2, 0.25) is 0 Å². The number of benzene rings is 2. The number of nitrogens with zero attached hydrogens (tertiary/aromatic N) is 2. The zero-order valence-electron chi connectivity index (χ0n) is 10.7. The Morgan fingerprint density at radius 2 is 2.10 bits per heavy atom. The highest BCUT2D eigenvalue weighted by Crippen LogP contribution is 2.28. The van der Waals surface area contributed by atoms with Gasteiger partial charge in [0.15, 0.2) is 5.75 Å². The van der Waals surface area contributed by atoms with Crippen molar-refractivity contribution in [1.29, 1.82) is 5.26 Å². The molecule has 2 rings (SSSR count). The fraction of sp³-hybridized carbons (Fsp3) is 0. The molecule has 21 heavy (non-hydrogen) atoms. The minimum absolute atomic E-state index is 0.317. The fourth-order valence-corrected chi connectivity index (χ4v) is 1.97. The number of hydrogen-bond donors (Lipinski definition) is 1. The number of hydrogen-bond acceptors (Lipinski definition) is 4. The highest BCUT2D eigenvalue weighted by Gasteiger charge is 2.13. The number of nitriles is 1. The average Bonchev–Trinajstić information content (AvgIpc) is 2.46. The molecule has 5 nitrogen and oxygen atoms in total. The summed E-state index contributed by atoms with van der Waals surface area (Å²) in [5, 5.41) is 29.9. The first-order valence-electron chi connectivity index (χ1n) is 5.86. The Morgan fingerprint density at radius 3 is 2.71 bits per heavy atom. The van der Waals surface area contributed by atoms with Crippen LogP contribution in [-0.4, -0.2) is 10.0 Å². The molecular formula is C15H9ClN2O3. The average molecular weight is 301 g/mol. The van der Waals surface area contributed by atoms with E-state index in [1.807, 2.05) is 6.07 Å². The second kappa shape index (κ2) is 6.07. The summed E-state index contributed by atoms with van der Waals surface area (Å²) in [5.74, 6) is -0.418. The number of rotatable bonds is 3. The predicted octanol–water partition coefficient (Wildman–Crippen LogP) is 4.02. The molecule has 0 amide bonds. The summed E-state index contributed by atoms with van der Waals surface area (Å²) < 4.78 is 0. The van der Waals surface area contributed by atoms with Crippen molar-refractivity contribution in [2.24, 2.45) is 0 Å². The molecule has 0 unspecified atom stereocenters. The molecule has 0 saturated heterocycles. The Balaban J connectivity index is 2.48. The summed E-state index contributed by atoms with van der Waals surface area (Å²) >= 11 is 5.88. The van der Waals surface area contributed by atoms with Crippen LogP contribution in [0.3, 0.4) is 0 Å². The van der Waals surface area contributed by atoms with Crippen molar-refractivity contribution in [3.63, 3.8) is 0 Å². The molecule has 2 aromatic carbocycles. The Hall–Kier alpha value is -2.84. The third kappa shape index (κ3) is 3.38. The molecule has 0 aromatic heterocycles. The number of nitro benzene ring substituents is 1. The Kier molecular flexibility index (Phi) is 4.21. The molecular weight excluding hydrogens is 292 g/mol. The van der Waals surface area contributed by atoms with Crippen LogP contribution in [0, 0.1) is 21.4 Å². The molecule has 0 aliphatic heterocycles. The third-order valence-corrected chi connectivity index (χ3v) is 3.00. The van der Waals surface area contributed by atoms with Gasteiger partial charge in [0.05, 0.1) is 16.6 Å². The normalized spacial score (nSPS) is 11.0. The van der Waals surface area contributed by atoms with Crippen LogP contribution >= 0.6 is 11.6 Å². The molecule has 0 heterocycles. The molecule has 104 valence electrons. The first kappa shape index (κ1) is 14.6. The minimum atomic E-state index is -0.682. The Labute approximate surface area is 125 Å². The Bertz CT molecular complexity index is 779. The lowest BCUT2D eigenvalue weighted by molar-refractivity contribution is -0.385. The van der Waals surface area contributed by atoms with E-state index in [2.05, 4.69) is 0 Å². The molecule has 6 heteroatoms. The van der Waals surface area contributed by atoms with Gasteiger partial charge in [-0.15, -0.1) is 0 Å². The van der Waals surface area contributed by atoms with Gasteiger partial charge in [-0.3, -0.25) is 10.1 Å². The van der Waals surface area contributed by atoms with Crippen molar-refractivity contribution >= 4 is 28.9 Å². The van der Waals surface area contributed by atoms with Gasteiger partial charge in [-0.25, -0.2) is 0 Å². The number of allylic oxidation sites excluding steroid dienone is 1. The van der Waals surface area contributed by atoms with Gasteiger partial charge in [0.25, 0.3) is 0 Å². The van der Waals surface area contributed by atoms with Crippen LogP contribution in [0.5, 0.6) is 5.75 Å². The molecule has 1 N–H and O–H groups in total. The van der Waals surface area contributed by atoms with Crippen LogP contribution in [0.2, 0.25) is 5.02 Å². The van der Waals surface area contributed by atoms with Gasteiger partial charge in [-0.1, -0.05) is 29.8 Å². The fourth-order valence-electron chi connectivity index (χ4n) is 1.78. The van der Waals surface area contributed by atoms with E-state index in [9.17, 15) is 20.5 Å². The van der Waals surface area contributed by atoms with E-state index in [0.29, 0.717) is 21.7 Å². The maximum absolute atomic E-state index is 10.8. The van der Waals surface area contributed by atoms with E-state index in [0.717, 1.165) is 0 Å². The van der Waals surface area contributed by atoms with Gasteiger partial charge in [0.1, 0.15) is 0 Å². The van der Waals surface area contributed by atoms with Crippen molar-refractivity contribution < 1.29 is 10.0 Å². The van der Waals surface area contributed by atoms with Gasteiger partial charge >= 0.3 is 5.69 Å². The van der Waals surface area contributed by atoms with Crippen molar-refractivity contribution in [3.05, 3.63) is 68.7 Å². The number of phenols is 1.